The van der Waals surface area contributed by atoms with Gasteiger partial charge in [-0.25, -0.2) is 8.42 Å². The van der Waals surface area contributed by atoms with E-state index >= 15 is 0 Å². The summed E-state index contributed by atoms with van der Waals surface area (Å²) < 4.78 is 193. The Balaban J connectivity index is 0. The number of rotatable bonds is 7. The molecule has 0 unspecified atom stereocenters. The van der Waals surface area contributed by atoms with E-state index in [-0.39, 0.29) is 29.6 Å². The van der Waals surface area contributed by atoms with Crippen molar-refractivity contribution in [1.82, 2.24) is 0 Å². The van der Waals surface area contributed by atoms with E-state index in [0.29, 0.717) is 0 Å². The van der Waals surface area contributed by atoms with Crippen LogP contribution < -0.4 is 29.6 Å². The first-order chi connectivity index (χ1) is 10.5. The average molecular weight is 450 g/mol. The summed E-state index contributed by atoms with van der Waals surface area (Å²) in [5, 5.41) is -7.48. The van der Waals surface area contributed by atoms with Gasteiger partial charge in [-0.3, -0.25) is 0 Å². The fourth-order valence-electron chi connectivity index (χ4n) is 1.22. The quantitative estimate of drug-likeness (QED) is 0.331. The fourth-order valence-corrected chi connectivity index (χ4v) is 1.66. The minimum Gasteiger partial charge on any atom is -0.743 e. The van der Waals surface area contributed by atoms with Crippen LogP contribution >= 0.6 is 0 Å². The molecule has 0 atom stereocenters. The minimum atomic E-state index is -7.92. The van der Waals surface area contributed by atoms with Crippen molar-refractivity contribution in [2.24, 2.45) is 0 Å². The van der Waals surface area contributed by atoms with E-state index in [1.165, 1.54) is 0 Å². The second kappa shape index (κ2) is 7.44. The van der Waals surface area contributed by atoms with E-state index in [2.05, 4.69) is 0 Å². The molecule has 0 aliphatic carbocycles. The van der Waals surface area contributed by atoms with Gasteiger partial charge >= 0.3 is 64.7 Å². The average Bonchev–Trinajstić information content (AvgIpc) is 2.33. The number of halogens is 13. The van der Waals surface area contributed by atoms with Crippen LogP contribution in [0.3, 0.4) is 0 Å². The van der Waals surface area contributed by atoms with Gasteiger partial charge in [-0.05, 0) is 0 Å². The summed E-state index contributed by atoms with van der Waals surface area (Å²) in [4.78, 5) is 0. The van der Waals surface area contributed by atoms with E-state index in [1.807, 2.05) is 0 Å². The molecule has 0 bridgehead atoms. The van der Waals surface area contributed by atoms with Crippen molar-refractivity contribution in [1.29, 1.82) is 0 Å². The van der Waals surface area contributed by atoms with Gasteiger partial charge in [0.1, 0.15) is 0 Å². The van der Waals surface area contributed by atoms with Crippen LogP contribution in [0.1, 0.15) is 12.8 Å². The maximum Gasteiger partial charge on any atom is 1.00 e. The first-order valence-electron chi connectivity index (χ1n) is 5.37. The molecule has 0 rings (SSSR count). The third-order valence-electron chi connectivity index (χ3n) is 2.65. The molecular formula is C8H4F13NaO3S. The predicted molar refractivity (Wildman–Crippen MR) is 49.7 cm³/mol. The van der Waals surface area contributed by atoms with Crippen molar-refractivity contribution in [3.05, 3.63) is 0 Å². The first-order valence-corrected chi connectivity index (χ1v) is 6.78. The molecule has 0 spiro atoms. The Kier molecular flexibility index (Phi) is 8.07. The smallest absolute Gasteiger partial charge is 0.743 e. The van der Waals surface area contributed by atoms with Gasteiger partial charge in [0.05, 0.1) is 0 Å². The van der Waals surface area contributed by atoms with Crippen LogP contribution in [-0.2, 0) is 10.1 Å². The molecule has 0 saturated heterocycles. The van der Waals surface area contributed by atoms with Crippen LogP contribution in [0, 0.1) is 0 Å². The van der Waals surface area contributed by atoms with Gasteiger partial charge in [0.2, 0.25) is 0 Å². The largest absolute Gasteiger partial charge is 1.00 e. The Hall–Kier alpha value is -0.000000000000000444. The van der Waals surface area contributed by atoms with Gasteiger partial charge in [0.25, 0.3) is 0 Å². The van der Waals surface area contributed by atoms with Crippen LogP contribution in [-0.4, -0.2) is 48.1 Å². The maximum absolute atomic E-state index is 13.0. The fraction of sp³-hybridized carbons (Fsp3) is 1.00. The summed E-state index contributed by atoms with van der Waals surface area (Å²) in [6, 6.07) is 0. The Bertz CT molecular complexity index is 597. The molecule has 0 heterocycles. The molecule has 0 N–H and O–H groups in total. The molecular weight excluding hydrogens is 446 g/mol. The molecule has 0 fully saturated rings. The van der Waals surface area contributed by atoms with Gasteiger partial charge in [-0.2, -0.15) is 57.1 Å². The zero-order chi connectivity index (χ0) is 20.9. The van der Waals surface area contributed by atoms with Crippen LogP contribution in [0.25, 0.3) is 0 Å². The van der Waals surface area contributed by atoms with Crippen molar-refractivity contribution in [2.75, 3.05) is 0 Å². The molecule has 0 amide bonds. The molecule has 0 aromatic carbocycles. The van der Waals surface area contributed by atoms with Crippen LogP contribution in [0.5, 0.6) is 0 Å². The van der Waals surface area contributed by atoms with Gasteiger partial charge in [0, 0.05) is 12.8 Å². The summed E-state index contributed by atoms with van der Waals surface area (Å²) in [5.41, 5.74) is 0. The van der Waals surface area contributed by atoms with Crippen LogP contribution in [0.15, 0.2) is 0 Å². The van der Waals surface area contributed by atoms with Gasteiger partial charge < -0.3 is 4.55 Å². The Labute approximate surface area is 157 Å². The molecule has 0 radical (unpaired) electrons. The van der Waals surface area contributed by atoms with E-state index < -0.39 is 58.1 Å². The van der Waals surface area contributed by atoms with Crippen molar-refractivity contribution in [2.45, 2.75) is 48.0 Å². The Morgan fingerprint density at radius 1 is 0.615 bits per heavy atom. The summed E-state index contributed by atoms with van der Waals surface area (Å²) in [6.45, 7) is 0. The molecule has 3 nitrogen and oxygen atoms in total. The number of hydrogen-bond donors (Lipinski definition) is 0. The van der Waals surface area contributed by atoms with Crippen molar-refractivity contribution < 1.29 is 99.6 Å². The standard InChI is InChI=1S/C8H5F13O3S.Na/c9-3(10,1-2-4(11,12)13)5(14,15)6(16,17)7(18,19)8(20,21)25(22,23)24;/h1-2H2,(H,22,23,24);/q;+1/p-1. The van der Waals surface area contributed by atoms with Crippen molar-refractivity contribution >= 4 is 10.1 Å². The molecule has 0 aliphatic heterocycles. The van der Waals surface area contributed by atoms with Crippen molar-refractivity contribution in [3.63, 3.8) is 0 Å². The topological polar surface area (TPSA) is 57.2 Å². The molecule has 18 heteroatoms. The van der Waals surface area contributed by atoms with Gasteiger partial charge in [-0.1, -0.05) is 0 Å². The van der Waals surface area contributed by atoms with Crippen LogP contribution in [0.2, 0.25) is 0 Å². The second-order valence-electron chi connectivity index (χ2n) is 4.51. The van der Waals surface area contributed by atoms with E-state index in [1.54, 1.807) is 0 Å². The summed E-state index contributed by atoms with van der Waals surface area (Å²) in [6.07, 6.45) is -11.8. The van der Waals surface area contributed by atoms with Crippen LogP contribution in [0.4, 0.5) is 57.1 Å². The normalized spacial score (nSPS) is 15.6. The predicted octanol–water partition coefficient (Wildman–Crippen LogP) is 1.01. The van der Waals surface area contributed by atoms with E-state index in [4.69, 9.17) is 0 Å². The summed E-state index contributed by atoms with van der Waals surface area (Å²) in [7, 11) is -7.76. The molecule has 26 heavy (non-hydrogen) atoms. The van der Waals surface area contributed by atoms with Crippen molar-refractivity contribution in [3.8, 4) is 0 Å². The SMILES string of the molecule is O=S(=O)([O-])C(F)(F)C(F)(F)C(F)(F)C(F)(F)C(F)(F)CCC(F)(F)F.[Na+]. The molecule has 0 saturated carbocycles. The molecule has 0 aliphatic rings. The molecule has 0 aromatic heterocycles. The minimum absolute atomic E-state index is 0. The zero-order valence-corrected chi connectivity index (χ0v) is 14.8. The Morgan fingerprint density at radius 2 is 0.962 bits per heavy atom. The third-order valence-corrected chi connectivity index (χ3v) is 3.53. The summed E-state index contributed by atoms with van der Waals surface area (Å²) >= 11 is 0. The van der Waals surface area contributed by atoms with E-state index in [0.717, 1.165) is 0 Å². The second-order valence-corrected chi connectivity index (χ2v) is 5.93. The zero-order valence-electron chi connectivity index (χ0n) is 12.0. The van der Waals surface area contributed by atoms with E-state index in [9.17, 15) is 70.0 Å². The maximum atomic E-state index is 13.0. The third kappa shape index (κ3) is 4.70. The number of hydrogen-bond acceptors (Lipinski definition) is 3. The summed E-state index contributed by atoms with van der Waals surface area (Å²) in [5.74, 6) is -30.0. The van der Waals surface area contributed by atoms with Gasteiger partial charge in [-0.15, -0.1) is 0 Å². The monoisotopic (exact) mass is 450 g/mol. The number of alkyl halides is 13. The van der Waals surface area contributed by atoms with Gasteiger partial charge in [0.15, 0.2) is 10.1 Å². The molecule has 0 aromatic rings. The first kappa shape index (κ1) is 28.2. The Morgan fingerprint density at radius 3 is 1.23 bits per heavy atom. The molecule has 152 valence electrons.